The van der Waals surface area contributed by atoms with Gasteiger partial charge < -0.3 is 9.88 Å². The summed E-state index contributed by atoms with van der Waals surface area (Å²) in [5.41, 5.74) is 2.18. The normalized spacial score (nSPS) is 11.2. The second kappa shape index (κ2) is 5.91. The van der Waals surface area contributed by atoms with Crippen molar-refractivity contribution in [3.05, 3.63) is 36.0 Å². The van der Waals surface area contributed by atoms with Gasteiger partial charge in [0.05, 0.1) is 6.42 Å². The van der Waals surface area contributed by atoms with E-state index in [1.54, 1.807) is 0 Å². The summed E-state index contributed by atoms with van der Waals surface area (Å²) in [6, 6.07) is 8.37. The van der Waals surface area contributed by atoms with Crippen molar-refractivity contribution in [2.45, 2.75) is 39.7 Å². The fraction of sp³-hybridized carbons (Fsp3) is 0.438. The summed E-state index contributed by atoms with van der Waals surface area (Å²) in [5, 5.41) is 1.15. The zero-order valence-corrected chi connectivity index (χ0v) is 11.9. The molecule has 0 radical (unpaired) electrons. The van der Waals surface area contributed by atoms with Gasteiger partial charge in [-0.2, -0.15) is 0 Å². The van der Waals surface area contributed by atoms with Crippen molar-refractivity contribution in [3.63, 3.8) is 0 Å². The van der Waals surface area contributed by atoms with Gasteiger partial charge in [-0.15, -0.1) is 0 Å². The third-order valence-electron chi connectivity index (χ3n) is 3.42. The molecule has 0 aliphatic rings. The molecule has 0 fully saturated rings. The highest BCUT2D eigenvalue weighted by Crippen LogP contribution is 2.19. The second-order valence-electron chi connectivity index (χ2n) is 5.22. The minimum Gasteiger partial charge on any atom is -0.361 e. The van der Waals surface area contributed by atoms with Gasteiger partial charge in [-0.1, -0.05) is 25.1 Å². The fourth-order valence-electron chi connectivity index (χ4n) is 2.45. The molecule has 1 aromatic heterocycles. The standard InChI is InChI=1S/C16H22N2O/c1-4-9-18(12(2)3)16(19)10-13-11-17-15-8-6-5-7-14(13)15/h5-8,11-12,17H,4,9-10H2,1-3H3. The lowest BCUT2D eigenvalue weighted by molar-refractivity contribution is -0.132. The molecule has 3 nitrogen and oxygen atoms in total. The van der Waals surface area contributed by atoms with Crippen LogP contribution in [0.5, 0.6) is 0 Å². The molecule has 0 atom stereocenters. The first kappa shape index (κ1) is 13.7. The Kier molecular flexibility index (Phi) is 4.25. The molecule has 2 aromatic rings. The Bertz CT molecular complexity index is 557. The van der Waals surface area contributed by atoms with Gasteiger partial charge in [0.25, 0.3) is 0 Å². The molecule has 0 saturated heterocycles. The van der Waals surface area contributed by atoms with Crippen LogP contribution in [0.3, 0.4) is 0 Å². The maximum absolute atomic E-state index is 12.4. The van der Waals surface area contributed by atoms with Crippen LogP contribution in [0, 0.1) is 0 Å². The predicted molar refractivity (Wildman–Crippen MR) is 79.1 cm³/mol. The summed E-state index contributed by atoms with van der Waals surface area (Å²) >= 11 is 0. The van der Waals surface area contributed by atoms with Crippen molar-refractivity contribution in [2.75, 3.05) is 6.54 Å². The summed E-state index contributed by atoms with van der Waals surface area (Å²) in [4.78, 5) is 17.6. The molecule has 1 N–H and O–H groups in total. The molecule has 0 aliphatic carbocycles. The van der Waals surface area contributed by atoms with Crippen molar-refractivity contribution >= 4 is 16.8 Å². The van der Waals surface area contributed by atoms with Crippen LogP contribution in [-0.4, -0.2) is 28.4 Å². The predicted octanol–water partition coefficient (Wildman–Crippen LogP) is 3.36. The van der Waals surface area contributed by atoms with Gasteiger partial charge in [0, 0.05) is 29.7 Å². The van der Waals surface area contributed by atoms with Crippen LogP contribution in [0.15, 0.2) is 30.5 Å². The van der Waals surface area contributed by atoms with E-state index in [0.29, 0.717) is 6.42 Å². The van der Waals surface area contributed by atoms with Crippen LogP contribution in [-0.2, 0) is 11.2 Å². The van der Waals surface area contributed by atoms with Gasteiger partial charge in [-0.3, -0.25) is 4.79 Å². The number of rotatable bonds is 5. The molecule has 0 spiro atoms. The summed E-state index contributed by atoms with van der Waals surface area (Å²) < 4.78 is 0. The van der Waals surface area contributed by atoms with Crippen LogP contribution in [0.4, 0.5) is 0 Å². The molecule has 1 aromatic carbocycles. The van der Waals surface area contributed by atoms with E-state index in [1.807, 2.05) is 29.3 Å². The Hall–Kier alpha value is -1.77. The zero-order chi connectivity index (χ0) is 13.8. The van der Waals surface area contributed by atoms with Crippen molar-refractivity contribution in [2.24, 2.45) is 0 Å². The number of hydrogen-bond donors (Lipinski definition) is 1. The first-order chi connectivity index (χ1) is 9.13. The molecular formula is C16H22N2O. The summed E-state index contributed by atoms with van der Waals surface area (Å²) in [7, 11) is 0. The minimum absolute atomic E-state index is 0.210. The Morgan fingerprint density at radius 1 is 1.32 bits per heavy atom. The Morgan fingerprint density at radius 3 is 2.74 bits per heavy atom. The van der Waals surface area contributed by atoms with Gasteiger partial charge in [0.2, 0.25) is 5.91 Å². The van der Waals surface area contributed by atoms with E-state index in [1.165, 1.54) is 0 Å². The van der Waals surface area contributed by atoms with Gasteiger partial charge in [-0.25, -0.2) is 0 Å². The summed E-state index contributed by atoms with van der Waals surface area (Å²) in [6.45, 7) is 7.08. The number of H-pyrrole nitrogens is 1. The van der Waals surface area contributed by atoms with Crippen LogP contribution in [0.25, 0.3) is 10.9 Å². The molecular weight excluding hydrogens is 236 g/mol. The lowest BCUT2D eigenvalue weighted by Crippen LogP contribution is -2.38. The van der Waals surface area contributed by atoms with Crippen molar-refractivity contribution in [1.82, 2.24) is 9.88 Å². The number of carbonyl (C=O) groups is 1. The number of nitrogens with zero attached hydrogens (tertiary/aromatic N) is 1. The van der Waals surface area contributed by atoms with E-state index in [4.69, 9.17) is 0 Å². The molecule has 0 bridgehead atoms. The summed E-state index contributed by atoms with van der Waals surface area (Å²) in [5.74, 6) is 0.210. The molecule has 0 aliphatic heterocycles. The van der Waals surface area contributed by atoms with Crippen molar-refractivity contribution in [1.29, 1.82) is 0 Å². The second-order valence-corrected chi connectivity index (χ2v) is 5.22. The number of aromatic nitrogens is 1. The lowest BCUT2D eigenvalue weighted by atomic mass is 10.1. The van der Waals surface area contributed by atoms with E-state index in [-0.39, 0.29) is 11.9 Å². The minimum atomic E-state index is 0.210. The van der Waals surface area contributed by atoms with Crippen molar-refractivity contribution < 1.29 is 4.79 Å². The molecule has 3 heteroatoms. The van der Waals surface area contributed by atoms with E-state index in [2.05, 4.69) is 31.8 Å². The SMILES string of the molecule is CCCN(C(=O)Cc1c[nH]c2ccccc12)C(C)C. The molecule has 1 heterocycles. The molecule has 102 valence electrons. The average molecular weight is 258 g/mol. The molecule has 2 rings (SSSR count). The Balaban J connectivity index is 2.18. The number of fused-ring (bicyclic) bond motifs is 1. The zero-order valence-electron chi connectivity index (χ0n) is 11.9. The first-order valence-electron chi connectivity index (χ1n) is 6.98. The first-order valence-corrected chi connectivity index (χ1v) is 6.98. The monoisotopic (exact) mass is 258 g/mol. The fourth-order valence-corrected chi connectivity index (χ4v) is 2.45. The number of benzene rings is 1. The van der Waals surface area contributed by atoms with Gasteiger partial charge in [-0.05, 0) is 31.9 Å². The molecule has 1 amide bonds. The number of aromatic amines is 1. The molecule has 19 heavy (non-hydrogen) atoms. The average Bonchev–Trinajstić information content (AvgIpc) is 2.79. The number of para-hydroxylation sites is 1. The van der Waals surface area contributed by atoms with Crippen LogP contribution in [0.2, 0.25) is 0 Å². The number of hydrogen-bond acceptors (Lipinski definition) is 1. The maximum atomic E-state index is 12.4. The lowest BCUT2D eigenvalue weighted by Gasteiger charge is -2.26. The van der Waals surface area contributed by atoms with Gasteiger partial charge >= 0.3 is 0 Å². The highest BCUT2D eigenvalue weighted by Gasteiger charge is 2.17. The van der Waals surface area contributed by atoms with Gasteiger partial charge in [0.1, 0.15) is 0 Å². The quantitative estimate of drug-likeness (QED) is 0.877. The van der Waals surface area contributed by atoms with E-state index in [9.17, 15) is 4.79 Å². The maximum Gasteiger partial charge on any atom is 0.227 e. The summed E-state index contributed by atoms with van der Waals surface area (Å²) in [6.07, 6.45) is 3.42. The van der Waals surface area contributed by atoms with E-state index in [0.717, 1.165) is 29.4 Å². The van der Waals surface area contributed by atoms with Gasteiger partial charge in [0.15, 0.2) is 0 Å². The number of amides is 1. The highest BCUT2D eigenvalue weighted by atomic mass is 16.2. The highest BCUT2D eigenvalue weighted by molar-refractivity contribution is 5.88. The van der Waals surface area contributed by atoms with E-state index >= 15 is 0 Å². The largest absolute Gasteiger partial charge is 0.361 e. The Morgan fingerprint density at radius 2 is 2.05 bits per heavy atom. The van der Waals surface area contributed by atoms with Crippen LogP contribution < -0.4 is 0 Å². The molecule has 0 saturated carbocycles. The topological polar surface area (TPSA) is 36.1 Å². The van der Waals surface area contributed by atoms with Crippen LogP contribution in [0.1, 0.15) is 32.8 Å². The number of carbonyl (C=O) groups excluding carboxylic acids is 1. The third-order valence-corrected chi connectivity index (χ3v) is 3.42. The Labute approximate surface area is 114 Å². The number of nitrogens with one attached hydrogen (secondary N) is 1. The molecule has 0 unspecified atom stereocenters. The third kappa shape index (κ3) is 2.98. The van der Waals surface area contributed by atoms with Crippen LogP contribution >= 0.6 is 0 Å². The van der Waals surface area contributed by atoms with Crippen molar-refractivity contribution in [3.8, 4) is 0 Å². The smallest absolute Gasteiger partial charge is 0.227 e. The van der Waals surface area contributed by atoms with E-state index < -0.39 is 0 Å².